The van der Waals surface area contributed by atoms with Crippen molar-refractivity contribution in [2.45, 2.75) is 18.1 Å². The van der Waals surface area contributed by atoms with Crippen LogP contribution >= 0.6 is 19.7 Å². The summed E-state index contributed by atoms with van der Waals surface area (Å²) in [5.41, 5.74) is 7.38. The van der Waals surface area contributed by atoms with Gasteiger partial charge in [0.1, 0.15) is 4.90 Å². The van der Waals surface area contributed by atoms with E-state index in [0.717, 1.165) is 23.1 Å². The Morgan fingerprint density at radius 3 is 1.67 bits per heavy atom. The van der Waals surface area contributed by atoms with Crippen LogP contribution in [0.2, 0.25) is 0 Å². The Hall–Kier alpha value is -2.52. The van der Waals surface area contributed by atoms with E-state index < -0.39 is 12.7 Å². The number of nitrogens with two attached hydrogens (primary N) is 2. The second-order valence-electron chi connectivity index (χ2n) is 5.90. The largest absolute Gasteiger partial charge is 0.403 e. The molecule has 0 aromatic heterocycles. The summed E-state index contributed by atoms with van der Waals surface area (Å²) in [4.78, 5) is 10.4. The summed E-state index contributed by atoms with van der Waals surface area (Å²) >= 11 is 0.882. The fourth-order valence-electron chi connectivity index (χ4n) is 2.22. The van der Waals surface area contributed by atoms with Crippen LogP contribution in [0.4, 0.5) is 5.69 Å². The molecule has 8 nitrogen and oxygen atoms in total. The minimum atomic E-state index is -3.52. The Morgan fingerprint density at radius 1 is 0.833 bits per heavy atom. The molecule has 4 N–H and O–H groups in total. The van der Waals surface area contributed by atoms with Gasteiger partial charge in [0.25, 0.3) is 5.69 Å². The Kier molecular flexibility index (Phi) is 9.69. The van der Waals surface area contributed by atoms with Gasteiger partial charge in [0.15, 0.2) is 0 Å². The molecule has 3 aromatic carbocycles. The summed E-state index contributed by atoms with van der Waals surface area (Å²) in [6, 6.07) is 25.2. The number of nitrogens with zero attached hydrogens (tertiary/aromatic N) is 1. The average Bonchev–Trinajstić information content (AvgIpc) is 2.78. The summed E-state index contributed by atoms with van der Waals surface area (Å²) in [7, 11) is -3.52. The fraction of sp³-hybridized carbons (Fsp3) is 0.100. The van der Waals surface area contributed by atoms with E-state index in [-0.39, 0.29) is 18.9 Å². The number of rotatable bonds is 8. The standard InChI is InChI=1S/C14H16NO3P.C6H6N2O2S/c15-19(16,17-11-13-7-3-1-4-8-13)18-12-14-9-5-2-6-10-14;7-11-6-4-2-1-3-5(6)8(9)10/h1-10H,11-12H2,(H2,15,16);1-4H,7H2. The Labute approximate surface area is 179 Å². The number of nitro benzene ring substituents is 1. The topological polar surface area (TPSA) is 131 Å². The quantitative estimate of drug-likeness (QED) is 0.212. The van der Waals surface area contributed by atoms with Crippen molar-refractivity contribution in [2.75, 3.05) is 0 Å². The van der Waals surface area contributed by atoms with Gasteiger partial charge in [-0.3, -0.25) is 24.3 Å². The molecule has 158 valence electrons. The van der Waals surface area contributed by atoms with Gasteiger partial charge in [-0.2, -0.15) is 0 Å². The molecular formula is C20H22N3O5PS. The van der Waals surface area contributed by atoms with Crippen LogP contribution in [0.5, 0.6) is 0 Å². The molecule has 0 spiro atoms. The van der Waals surface area contributed by atoms with Gasteiger partial charge < -0.3 is 0 Å². The number of para-hydroxylation sites is 1. The summed E-state index contributed by atoms with van der Waals surface area (Å²) in [6.45, 7) is 0.340. The van der Waals surface area contributed by atoms with E-state index in [9.17, 15) is 14.7 Å². The maximum atomic E-state index is 11.9. The third-order valence-corrected chi connectivity index (χ3v) is 5.27. The van der Waals surface area contributed by atoms with Crippen molar-refractivity contribution < 1.29 is 18.5 Å². The highest BCUT2D eigenvalue weighted by molar-refractivity contribution is 7.97. The molecule has 0 bridgehead atoms. The van der Waals surface area contributed by atoms with Gasteiger partial charge in [0.2, 0.25) is 0 Å². The lowest BCUT2D eigenvalue weighted by Gasteiger charge is -2.13. The normalized spacial score (nSPS) is 10.7. The van der Waals surface area contributed by atoms with E-state index in [1.54, 1.807) is 18.2 Å². The van der Waals surface area contributed by atoms with Crippen molar-refractivity contribution in [2.24, 2.45) is 10.6 Å². The molecule has 0 fully saturated rings. The molecule has 0 aliphatic carbocycles. The van der Waals surface area contributed by atoms with Crippen molar-refractivity contribution in [1.82, 2.24) is 0 Å². The second-order valence-corrected chi connectivity index (χ2v) is 8.17. The average molecular weight is 447 g/mol. The summed E-state index contributed by atoms with van der Waals surface area (Å²) in [5.74, 6) is 0. The van der Waals surface area contributed by atoms with Crippen LogP contribution in [-0.2, 0) is 26.8 Å². The van der Waals surface area contributed by atoms with Gasteiger partial charge in [-0.05, 0) is 29.1 Å². The summed E-state index contributed by atoms with van der Waals surface area (Å²) in [6.07, 6.45) is 0. The Bertz CT molecular complexity index is 929. The lowest BCUT2D eigenvalue weighted by molar-refractivity contribution is -0.387. The predicted molar refractivity (Wildman–Crippen MR) is 117 cm³/mol. The second kappa shape index (κ2) is 12.2. The third kappa shape index (κ3) is 8.46. The van der Waals surface area contributed by atoms with E-state index in [2.05, 4.69) is 0 Å². The molecule has 0 aliphatic heterocycles. The molecular weight excluding hydrogens is 425 g/mol. The van der Waals surface area contributed by atoms with Gasteiger partial charge in [0, 0.05) is 6.07 Å². The Balaban J connectivity index is 0.000000248. The maximum Gasteiger partial charge on any atom is 0.403 e. The van der Waals surface area contributed by atoms with Crippen LogP contribution in [-0.4, -0.2) is 4.92 Å². The van der Waals surface area contributed by atoms with Crippen molar-refractivity contribution in [3.63, 3.8) is 0 Å². The monoisotopic (exact) mass is 447 g/mol. The highest BCUT2D eigenvalue weighted by atomic mass is 32.2. The molecule has 3 rings (SSSR count). The van der Waals surface area contributed by atoms with E-state index in [1.807, 2.05) is 60.7 Å². The van der Waals surface area contributed by atoms with Crippen LogP contribution in [0.1, 0.15) is 11.1 Å². The smallest absolute Gasteiger partial charge is 0.292 e. The van der Waals surface area contributed by atoms with Crippen LogP contribution in [0, 0.1) is 10.1 Å². The molecule has 0 saturated heterocycles. The van der Waals surface area contributed by atoms with E-state index in [0.29, 0.717) is 4.90 Å². The number of nitro groups is 1. The van der Waals surface area contributed by atoms with Gasteiger partial charge in [-0.1, -0.05) is 72.8 Å². The molecule has 0 amide bonds. The first-order chi connectivity index (χ1) is 14.4. The maximum absolute atomic E-state index is 11.9. The zero-order chi connectivity index (χ0) is 21.8. The predicted octanol–water partition coefficient (Wildman–Crippen LogP) is 5.05. The molecule has 0 heterocycles. The van der Waals surface area contributed by atoms with Gasteiger partial charge in [0.05, 0.1) is 18.1 Å². The van der Waals surface area contributed by atoms with Crippen molar-refractivity contribution >= 4 is 25.4 Å². The molecule has 0 radical (unpaired) electrons. The zero-order valence-electron chi connectivity index (χ0n) is 16.0. The molecule has 0 saturated carbocycles. The molecule has 3 aromatic rings. The first kappa shape index (κ1) is 23.8. The van der Waals surface area contributed by atoms with E-state index in [1.165, 1.54) is 6.07 Å². The van der Waals surface area contributed by atoms with E-state index in [4.69, 9.17) is 19.7 Å². The van der Waals surface area contributed by atoms with Crippen LogP contribution < -0.4 is 10.6 Å². The van der Waals surface area contributed by atoms with Crippen molar-refractivity contribution in [1.29, 1.82) is 0 Å². The van der Waals surface area contributed by atoms with Crippen LogP contribution in [0.3, 0.4) is 0 Å². The highest BCUT2D eigenvalue weighted by Crippen LogP contribution is 2.40. The summed E-state index contributed by atoms with van der Waals surface area (Å²) in [5, 5.41) is 15.5. The minimum absolute atomic E-state index is 0.0556. The molecule has 10 heteroatoms. The molecule has 30 heavy (non-hydrogen) atoms. The molecule has 0 aliphatic rings. The number of benzene rings is 3. The van der Waals surface area contributed by atoms with Crippen LogP contribution in [0.25, 0.3) is 0 Å². The third-order valence-electron chi connectivity index (χ3n) is 3.70. The van der Waals surface area contributed by atoms with Gasteiger partial charge in [-0.25, -0.2) is 10.1 Å². The molecule has 0 unspecified atom stereocenters. The van der Waals surface area contributed by atoms with Crippen molar-refractivity contribution in [3.05, 3.63) is 106 Å². The number of hydrogen-bond donors (Lipinski definition) is 2. The lowest BCUT2D eigenvalue weighted by Crippen LogP contribution is -2.04. The minimum Gasteiger partial charge on any atom is -0.292 e. The van der Waals surface area contributed by atoms with Gasteiger partial charge >= 0.3 is 7.75 Å². The zero-order valence-corrected chi connectivity index (χ0v) is 17.7. The first-order valence-electron chi connectivity index (χ1n) is 8.77. The summed E-state index contributed by atoms with van der Waals surface area (Å²) < 4.78 is 22.2. The van der Waals surface area contributed by atoms with Crippen LogP contribution in [0.15, 0.2) is 89.8 Å². The Morgan fingerprint density at radius 2 is 1.27 bits per heavy atom. The number of hydrogen-bond acceptors (Lipinski definition) is 7. The lowest BCUT2D eigenvalue weighted by atomic mass is 10.2. The fourth-order valence-corrected chi connectivity index (χ4v) is 3.38. The SMILES string of the molecule is NP(=O)(OCc1ccccc1)OCc1ccccc1.NSc1ccccc1[N+](=O)[O-]. The van der Waals surface area contributed by atoms with Gasteiger partial charge in [-0.15, -0.1) is 0 Å². The van der Waals surface area contributed by atoms with E-state index >= 15 is 0 Å². The first-order valence-corrected chi connectivity index (χ1v) is 11.3. The highest BCUT2D eigenvalue weighted by Gasteiger charge is 2.18. The molecule has 0 atom stereocenters. The van der Waals surface area contributed by atoms with Crippen molar-refractivity contribution in [3.8, 4) is 0 Å².